The fourth-order valence-electron chi connectivity index (χ4n) is 2.46. The van der Waals surface area contributed by atoms with Crippen molar-refractivity contribution in [3.05, 3.63) is 35.8 Å². The van der Waals surface area contributed by atoms with Gasteiger partial charge in [-0.05, 0) is 44.7 Å². The molecule has 0 amide bonds. The zero-order valence-electron chi connectivity index (χ0n) is 13.1. The number of hydrogen-bond donors (Lipinski definition) is 1. The van der Waals surface area contributed by atoms with Crippen LogP contribution in [0.2, 0.25) is 0 Å². The maximum Gasteiger partial charge on any atom is 0.161 e. The van der Waals surface area contributed by atoms with Crippen molar-refractivity contribution in [2.75, 3.05) is 11.9 Å². The Hall–Kier alpha value is -2.30. The second-order valence-electron chi connectivity index (χ2n) is 5.61. The molecule has 1 aliphatic rings. The quantitative estimate of drug-likeness (QED) is 0.817. The molecule has 0 radical (unpaired) electrons. The number of nitrogens with zero attached hydrogens (tertiary/aromatic N) is 4. The topological polar surface area (TPSA) is 63.1 Å². The first-order valence-electron chi connectivity index (χ1n) is 7.78. The third kappa shape index (κ3) is 3.30. The molecular formula is C17H21N5. The summed E-state index contributed by atoms with van der Waals surface area (Å²) in [6.45, 7) is 4.91. The van der Waals surface area contributed by atoms with Crippen LogP contribution < -0.4 is 5.32 Å². The van der Waals surface area contributed by atoms with Crippen LogP contribution in [0.3, 0.4) is 0 Å². The minimum absolute atomic E-state index is 0.736. The van der Waals surface area contributed by atoms with Gasteiger partial charge in [0.1, 0.15) is 17.7 Å². The summed E-state index contributed by atoms with van der Waals surface area (Å²) in [7, 11) is 0. The normalized spacial score (nSPS) is 17.3. The van der Waals surface area contributed by atoms with Gasteiger partial charge in [-0.25, -0.2) is 15.0 Å². The van der Waals surface area contributed by atoms with Crippen molar-refractivity contribution >= 4 is 22.7 Å². The van der Waals surface area contributed by atoms with Gasteiger partial charge in [0.05, 0.1) is 5.52 Å². The number of aromatic nitrogens is 3. The van der Waals surface area contributed by atoms with E-state index in [-0.39, 0.29) is 0 Å². The molecule has 2 aromatic rings. The minimum Gasteiger partial charge on any atom is -0.327 e. The smallest absolute Gasteiger partial charge is 0.161 e. The van der Waals surface area contributed by atoms with E-state index >= 15 is 0 Å². The molecule has 0 aromatic carbocycles. The average Bonchev–Trinajstić information content (AvgIpc) is 2.63. The fraction of sp³-hybridized carbons (Fsp3) is 0.412. The summed E-state index contributed by atoms with van der Waals surface area (Å²) >= 11 is 0. The molecule has 1 aliphatic heterocycles. The van der Waals surface area contributed by atoms with Crippen molar-refractivity contribution < 1.29 is 0 Å². The average molecular weight is 295 g/mol. The Morgan fingerprint density at radius 3 is 2.91 bits per heavy atom. The van der Waals surface area contributed by atoms with Gasteiger partial charge in [0.25, 0.3) is 0 Å². The van der Waals surface area contributed by atoms with Crippen molar-refractivity contribution in [2.24, 2.45) is 4.99 Å². The Morgan fingerprint density at radius 2 is 2.00 bits per heavy atom. The maximum absolute atomic E-state index is 4.65. The molecule has 1 N–H and O–H groups in total. The Bertz CT molecular complexity index is 733. The van der Waals surface area contributed by atoms with Gasteiger partial charge in [0.2, 0.25) is 0 Å². The lowest BCUT2D eigenvalue weighted by Gasteiger charge is -2.10. The molecule has 0 atom stereocenters. The van der Waals surface area contributed by atoms with Crippen LogP contribution in [0.5, 0.6) is 0 Å². The lowest BCUT2D eigenvalue weighted by molar-refractivity contribution is 0.761. The first-order chi connectivity index (χ1) is 10.7. The number of pyridine rings is 1. The van der Waals surface area contributed by atoms with E-state index in [1.54, 1.807) is 6.33 Å². The molecule has 0 saturated carbocycles. The molecule has 114 valence electrons. The zero-order valence-corrected chi connectivity index (χ0v) is 13.1. The Labute approximate surface area is 130 Å². The highest BCUT2D eigenvalue weighted by Gasteiger charge is 2.09. The second-order valence-corrected chi connectivity index (χ2v) is 5.61. The summed E-state index contributed by atoms with van der Waals surface area (Å²) in [6, 6.07) is 2.05. The molecule has 5 nitrogen and oxygen atoms in total. The summed E-state index contributed by atoms with van der Waals surface area (Å²) in [5.41, 5.74) is 3.80. The number of fused-ring (bicyclic) bond motifs is 1. The standard InChI is InChI=1S/C17H21N5/c1-12-10-14-16(21-13(12)2)17(20-11-19-14)22-15-8-6-4-3-5-7-9-18-15/h4,6,10-11H,3,5,7-9H2,1-2H3,(H,18,19,20,22)/b6-4-. The van der Waals surface area contributed by atoms with Gasteiger partial charge in [-0.2, -0.15) is 0 Å². The molecule has 3 heterocycles. The molecule has 0 saturated heterocycles. The van der Waals surface area contributed by atoms with E-state index in [1.807, 2.05) is 13.8 Å². The minimum atomic E-state index is 0.736. The van der Waals surface area contributed by atoms with Gasteiger partial charge >= 0.3 is 0 Å². The molecule has 0 unspecified atom stereocenters. The number of nitrogens with one attached hydrogen (secondary N) is 1. The maximum atomic E-state index is 4.65. The Kier molecular flexibility index (Phi) is 4.42. The van der Waals surface area contributed by atoms with Gasteiger partial charge in [-0.15, -0.1) is 0 Å². The summed E-state index contributed by atoms with van der Waals surface area (Å²) in [6.07, 6.45) is 10.2. The number of aliphatic imine (C=N–C) groups is 1. The highest BCUT2D eigenvalue weighted by Crippen LogP contribution is 2.20. The predicted molar refractivity (Wildman–Crippen MR) is 90.3 cm³/mol. The van der Waals surface area contributed by atoms with Crippen molar-refractivity contribution in [3.8, 4) is 0 Å². The molecule has 0 aliphatic carbocycles. The first kappa shape index (κ1) is 14.6. The highest BCUT2D eigenvalue weighted by molar-refractivity contribution is 6.01. The van der Waals surface area contributed by atoms with Crippen LogP contribution in [0.1, 0.15) is 36.9 Å². The number of hydrogen-bond acceptors (Lipinski definition) is 5. The number of allylic oxidation sites excluding steroid dienone is 1. The van der Waals surface area contributed by atoms with Crippen molar-refractivity contribution in [2.45, 2.75) is 39.5 Å². The van der Waals surface area contributed by atoms with Gasteiger partial charge in [0.15, 0.2) is 5.82 Å². The van der Waals surface area contributed by atoms with E-state index in [9.17, 15) is 0 Å². The Morgan fingerprint density at radius 1 is 1.09 bits per heavy atom. The number of aryl methyl sites for hydroxylation is 2. The van der Waals surface area contributed by atoms with Gasteiger partial charge in [-0.1, -0.05) is 12.2 Å². The largest absolute Gasteiger partial charge is 0.327 e. The van der Waals surface area contributed by atoms with Crippen molar-refractivity contribution in [1.82, 2.24) is 15.0 Å². The predicted octanol–water partition coefficient (Wildman–Crippen LogP) is 3.58. The Balaban J connectivity index is 1.94. The number of amidine groups is 1. The van der Waals surface area contributed by atoms with E-state index in [1.165, 1.54) is 6.42 Å². The van der Waals surface area contributed by atoms with Crippen LogP contribution in [-0.4, -0.2) is 27.3 Å². The van der Waals surface area contributed by atoms with E-state index in [4.69, 9.17) is 0 Å². The van der Waals surface area contributed by atoms with Gasteiger partial charge in [0, 0.05) is 18.7 Å². The van der Waals surface area contributed by atoms with Crippen LogP contribution in [-0.2, 0) is 0 Å². The summed E-state index contributed by atoms with van der Waals surface area (Å²) < 4.78 is 0. The number of rotatable bonds is 1. The van der Waals surface area contributed by atoms with Crippen LogP contribution in [0.15, 0.2) is 29.5 Å². The summed E-state index contributed by atoms with van der Waals surface area (Å²) in [5, 5.41) is 3.35. The fourth-order valence-corrected chi connectivity index (χ4v) is 2.46. The number of anilines is 1. The molecule has 2 aromatic heterocycles. The monoisotopic (exact) mass is 295 g/mol. The third-order valence-corrected chi connectivity index (χ3v) is 3.88. The molecule has 22 heavy (non-hydrogen) atoms. The zero-order chi connectivity index (χ0) is 15.4. The summed E-state index contributed by atoms with van der Waals surface area (Å²) in [4.78, 5) is 18.0. The highest BCUT2D eigenvalue weighted by atomic mass is 15.1. The van der Waals surface area contributed by atoms with Gasteiger partial charge in [-0.3, -0.25) is 4.99 Å². The van der Waals surface area contributed by atoms with Crippen LogP contribution in [0.4, 0.5) is 5.82 Å². The molecule has 0 spiro atoms. The molecule has 5 heteroatoms. The molecule has 3 rings (SSSR count). The van der Waals surface area contributed by atoms with E-state index in [0.717, 1.165) is 59.8 Å². The van der Waals surface area contributed by atoms with Crippen LogP contribution >= 0.6 is 0 Å². The van der Waals surface area contributed by atoms with Crippen LogP contribution in [0, 0.1) is 13.8 Å². The van der Waals surface area contributed by atoms with Gasteiger partial charge < -0.3 is 5.32 Å². The van der Waals surface area contributed by atoms with E-state index < -0.39 is 0 Å². The van der Waals surface area contributed by atoms with Crippen molar-refractivity contribution in [1.29, 1.82) is 0 Å². The first-order valence-corrected chi connectivity index (χ1v) is 7.78. The van der Waals surface area contributed by atoms with Crippen LogP contribution in [0.25, 0.3) is 11.0 Å². The third-order valence-electron chi connectivity index (χ3n) is 3.88. The SMILES string of the molecule is Cc1cc2ncnc(NC3=NCCCC/C=C\C3)c2nc1C. The molecular weight excluding hydrogens is 274 g/mol. The molecule has 0 bridgehead atoms. The van der Waals surface area contributed by atoms with E-state index in [2.05, 4.69) is 43.5 Å². The van der Waals surface area contributed by atoms with Crippen molar-refractivity contribution in [3.63, 3.8) is 0 Å². The van der Waals surface area contributed by atoms with E-state index in [0.29, 0.717) is 0 Å². The summed E-state index contributed by atoms with van der Waals surface area (Å²) in [5.74, 6) is 1.68. The lowest BCUT2D eigenvalue weighted by atomic mass is 10.2. The molecule has 0 fully saturated rings. The lowest BCUT2D eigenvalue weighted by Crippen LogP contribution is -2.14. The second kappa shape index (κ2) is 6.64.